The van der Waals surface area contributed by atoms with Crippen molar-refractivity contribution in [2.45, 2.75) is 37.4 Å². The molecule has 2 rings (SSSR count). The van der Waals surface area contributed by atoms with E-state index in [0.717, 1.165) is 24.3 Å². The quantitative estimate of drug-likeness (QED) is 0.895. The van der Waals surface area contributed by atoms with Crippen LogP contribution in [0.5, 0.6) is 5.75 Å². The van der Waals surface area contributed by atoms with E-state index in [2.05, 4.69) is 4.72 Å². The van der Waals surface area contributed by atoms with Gasteiger partial charge in [0.15, 0.2) is 0 Å². The van der Waals surface area contributed by atoms with Gasteiger partial charge in [-0.2, -0.15) is 0 Å². The fraction of sp³-hybridized carbons (Fsp3) is 0.538. The highest BCUT2D eigenvalue weighted by molar-refractivity contribution is 7.87. The van der Waals surface area contributed by atoms with Gasteiger partial charge in [0.25, 0.3) is 0 Å². The van der Waals surface area contributed by atoms with Gasteiger partial charge in [-0.1, -0.05) is 19.3 Å². The largest absolute Gasteiger partial charge is 0.497 e. The average Bonchev–Trinajstić information content (AvgIpc) is 2.40. The van der Waals surface area contributed by atoms with Crippen LogP contribution in [0.15, 0.2) is 24.3 Å². The molecule has 1 N–H and O–H groups in total. The summed E-state index contributed by atoms with van der Waals surface area (Å²) in [6, 6.07) is 7.56. The fourth-order valence-corrected chi connectivity index (χ4v) is 3.43. The van der Waals surface area contributed by atoms with Gasteiger partial charge >= 0.3 is 0 Å². The summed E-state index contributed by atoms with van der Waals surface area (Å²) in [4.78, 5) is 0. The molecule has 1 saturated carbocycles. The Labute approximate surface area is 105 Å². The molecule has 0 radical (unpaired) electrons. The number of methoxy groups -OCH3 is 1. The topological polar surface area (TPSA) is 38.3 Å². The molecule has 0 saturated heterocycles. The first-order chi connectivity index (χ1) is 8.29. The van der Waals surface area contributed by atoms with Gasteiger partial charge in [-0.05, 0) is 37.1 Å². The molecule has 1 aliphatic rings. The molecule has 0 spiro atoms. The Morgan fingerprint density at radius 2 is 1.82 bits per heavy atom. The third-order valence-electron chi connectivity index (χ3n) is 3.16. The van der Waals surface area contributed by atoms with Gasteiger partial charge in [0.1, 0.15) is 16.7 Å². The van der Waals surface area contributed by atoms with Crippen molar-refractivity contribution >= 4 is 16.7 Å². The highest BCUT2D eigenvalue weighted by atomic mass is 32.2. The summed E-state index contributed by atoms with van der Waals surface area (Å²) in [7, 11) is 0.685. The van der Waals surface area contributed by atoms with Crippen LogP contribution in [0, 0.1) is 0 Å². The molecule has 1 aromatic carbocycles. The Balaban J connectivity index is 1.92. The summed E-state index contributed by atoms with van der Waals surface area (Å²) in [5, 5.41) is 0.311. The lowest BCUT2D eigenvalue weighted by molar-refractivity contribution is 0.415. The Morgan fingerprint density at radius 3 is 2.41 bits per heavy atom. The predicted molar refractivity (Wildman–Crippen MR) is 71.6 cm³/mol. The van der Waals surface area contributed by atoms with Gasteiger partial charge in [-0.3, -0.25) is 0 Å². The average molecular weight is 253 g/mol. The molecule has 0 amide bonds. The van der Waals surface area contributed by atoms with E-state index in [1.165, 1.54) is 19.3 Å². The van der Waals surface area contributed by atoms with Crippen LogP contribution in [0.4, 0.5) is 5.69 Å². The van der Waals surface area contributed by atoms with Crippen molar-refractivity contribution in [1.29, 1.82) is 0 Å². The summed E-state index contributed by atoms with van der Waals surface area (Å²) in [6.45, 7) is 0. The Bertz CT molecular complexity index is 372. The van der Waals surface area contributed by atoms with Crippen molar-refractivity contribution in [2.75, 3.05) is 11.8 Å². The second-order valence-electron chi connectivity index (χ2n) is 4.39. The zero-order valence-electron chi connectivity index (χ0n) is 10.1. The van der Waals surface area contributed by atoms with Gasteiger partial charge in [0.2, 0.25) is 0 Å². The Hall–Kier alpha value is -1.03. The SMILES string of the molecule is COc1ccc(N[S@@](=O)C2CCCCC2)cc1. The van der Waals surface area contributed by atoms with Crippen molar-refractivity contribution in [3.05, 3.63) is 24.3 Å². The summed E-state index contributed by atoms with van der Waals surface area (Å²) in [6.07, 6.45) is 5.86. The van der Waals surface area contributed by atoms with Crippen molar-refractivity contribution in [2.24, 2.45) is 0 Å². The first-order valence-corrected chi connectivity index (χ1v) is 7.32. The molecule has 1 aliphatic carbocycles. The summed E-state index contributed by atoms with van der Waals surface area (Å²) < 4.78 is 20.3. The Morgan fingerprint density at radius 1 is 1.18 bits per heavy atom. The van der Waals surface area contributed by atoms with Gasteiger partial charge in [-0.25, -0.2) is 4.21 Å². The molecule has 1 aromatic rings. The predicted octanol–water partition coefficient (Wildman–Crippen LogP) is 3.10. The van der Waals surface area contributed by atoms with Crippen LogP contribution in [0.1, 0.15) is 32.1 Å². The molecule has 0 heterocycles. The van der Waals surface area contributed by atoms with Crippen molar-refractivity contribution in [3.63, 3.8) is 0 Å². The van der Waals surface area contributed by atoms with Crippen LogP contribution in [-0.2, 0) is 11.0 Å². The minimum Gasteiger partial charge on any atom is -0.497 e. The molecule has 0 bridgehead atoms. The number of anilines is 1. The minimum absolute atomic E-state index is 0.311. The zero-order valence-corrected chi connectivity index (χ0v) is 11.0. The third kappa shape index (κ3) is 3.46. The molecule has 1 fully saturated rings. The maximum Gasteiger partial charge on any atom is 0.120 e. The number of rotatable bonds is 4. The number of ether oxygens (including phenoxy) is 1. The molecule has 0 unspecified atom stereocenters. The highest BCUT2D eigenvalue weighted by Gasteiger charge is 2.19. The summed E-state index contributed by atoms with van der Waals surface area (Å²) >= 11 is 0. The smallest absolute Gasteiger partial charge is 0.120 e. The van der Waals surface area contributed by atoms with E-state index in [-0.39, 0.29) is 0 Å². The lowest BCUT2D eigenvalue weighted by Crippen LogP contribution is -2.23. The second kappa shape index (κ2) is 6.05. The standard InChI is InChI=1S/C13H19NO2S/c1-16-12-9-7-11(8-10-12)14-17(15)13-5-3-2-4-6-13/h7-10,13-14H,2-6H2,1H3/t17-/m0/s1. The van der Waals surface area contributed by atoms with Crippen LogP contribution < -0.4 is 9.46 Å². The van der Waals surface area contributed by atoms with Crippen LogP contribution in [0.25, 0.3) is 0 Å². The lowest BCUT2D eigenvalue weighted by Gasteiger charge is -2.21. The highest BCUT2D eigenvalue weighted by Crippen LogP contribution is 2.23. The molecule has 1 atom stereocenters. The van der Waals surface area contributed by atoms with Gasteiger partial charge < -0.3 is 9.46 Å². The first kappa shape index (κ1) is 12.4. The van der Waals surface area contributed by atoms with Gasteiger partial charge in [0.05, 0.1) is 12.4 Å². The van der Waals surface area contributed by atoms with Crippen LogP contribution in [0.2, 0.25) is 0 Å². The number of nitrogens with one attached hydrogen (secondary N) is 1. The normalized spacial score (nSPS) is 18.6. The Kier molecular flexibility index (Phi) is 4.42. The van der Waals surface area contributed by atoms with Crippen molar-refractivity contribution < 1.29 is 8.95 Å². The molecule has 17 heavy (non-hydrogen) atoms. The van der Waals surface area contributed by atoms with E-state index in [9.17, 15) is 4.21 Å². The molecule has 4 heteroatoms. The third-order valence-corrected chi connectivity index (χ3v) is 4.68. The molecular weight excluding hydrogens is 234 g/mol. The van der Waals surface area contributed by atoms with Crippen LogP contribution in [-0.4, -0.2) is 16.6 Å². The summed E-state index contributed by atoms with van der Waals surface area (Å²) in [5.41, 5.74) is 0.898. The van der Waals surface area contributed by atoms with E-state index in [4.69, 9.17) is 4.74 Å². The maximum atomic E-state index is 12.1. The molecular formula is C13H19NO2S. The van der Waals surface area contributed by atoms with E-state index in [0.29, 0.717) is 5.25 Å². The molecule has 3 nitrogen and oxygen atoms in total. The number of hydrogen-bond donors (Lipinski definition) is 1. The van der Waals surface area contributed by atoms with Crippen LogP contribution in [0.3, 0.4) is 0 Å². The van der Waals surface area contributed by atoms with Crippen molar-refractivity contribution in [1.82, 2.24) is 0 Å². The van der Waals surface area contributed by atoms with E-state index in [1.54, 1.807) is 7.11 Å². The fourth-order valence-electron chi connectivity index (χ4n) is 2.14. The van der Waals surface area contributed by atoms with Crippen molar-refractivity contribution in [3.8, 4) is 5.75 Å². The second-order valence-corrected chi connectivity index (χ2v) is 5.85. The van der Waals surface area contributed by atoms with E-state index >= 15 is 0 Å². The molecule has 94 valence electrons. The number of benzene rings is 1. The maximum absolute atomic E-state index is 12.1. The lowest BCUT2D eigenvalue weighted by atomic mass is 10.0. The monoisotopic (exact) mass is 253 g/mol. The molecule has 0 aromatic heterocycles. The van der Waals surface area contributed by atoms with Gasteiger partial charge in [0, 0.05) is 5.69 Å². The zero-order chi connectivity index (χ0) is 12.1. The van der Waals surface area contributed by atoms with E-state index in [1.807, 2.05) is 24.3 Å². The first-order valence-electron chi connectivity index (χ1n) is 6.11. The minimum atomic E-state index is -0.957. The summed E-state index contributed by atoms with van der Waals surface area (Å²) in [5.74, 6) is 0.819. The van der Waals surface area contributed by atoms with Crippen LogP contribution >= 0.6 is 0 Å². The van der Waals surface area contributed by atoms with Gasteiger partial charge in [-0.15, -0.1) is 0 Å². The number of hydrogen-bond acceptors (Lipinski definition) is 2. The van der Waals surface area contributed by atoms with E-state index < -0.39 is 11.0 Å². The molecule has 0 aliphatic heterocycles.